The minimum atomic E-state index is -0.648. The summed E-state index contributed by atoms with van der Waals surface area (Å²) >= 11 is 1.36. The van der Waals surface area contributed by atoms with Gasteiger partial charge in [0, 0.05) is 13.1 Å². The number of benzene rings is 1. The number of rotatable bonds is 5. The lowest BCUT2D eigenvalue weighted by molar-refractivity contribution is 0.0941. The maximum atomic E-state index is 12.4. The quantitative estimate of drug-likeness (QED) is 0.555. The van der Waals surface area contributed by atoms with Crippen molar-refractivity contribution < 1.29 is 15.0 Å². The van der Waals surface area contributed by atoms with E-state index in [2.05, 4.69) is 15.3 Å². The molecule has 2 aromatic heterocycles. The first kappa shape index (κ1) is 16.9. The molecule has 8 heteroatoms. The fourth-order valence-electron chi connectivity index (χ4n) is 2.31. The first-order chi connectivity index (χ1) is 12.1. The number of nitrogens with one attached hydrogen (secondary N) is 1. The molecule has 0 saturated heterocycles. The highest BCUT2D eigenvalue weighted by Gasteiger charge is 2.20. The highest BCUT2D eigenvalue weighted by Crippen LogP contribution is 2.30. The van der Waals surface area contributed by atoms with Crippen LogP contribution in [0.5, 0.6) is 11.6 Å². The van der Waals surface area contributed by atoms with Gasteiger partial charge in [-0.05, 0) is 22.6 Å². The van der Waals surface area contributed by atoms with Crippen molar-refractivity contribution in [2.24, 2.45) is 5.73 Å². The molecule has 1 amide bonds. The van der Waals surface area contributed by atoms with E-state index in [0.717, 1.165) is 11.1 Å². The predicted octanol–water partition coefficient (Wildman–Crippen LogP) is 2.01. The summed E-state index contributed by atoms with van der Waals surface area (Å²) in [6.07, 6.45) is 0. The van der Waals surface area contributed by atoms with Gasteiger partial charge in [-0.2, -0.15) is 4.98 Å². The van der Waals surface area contributed by atoms with Crippen LogP contribution in [0.2, 0.25) is 0 Å². The second-order valence-corrected chi connectivity index (χ2v) is 6.15. The standard InChI is InChI=1S/C17H16N4O3S/c18-8-10-4-1-2-5-11(10)9-19-16(23)13-14(22)17(24)21-15(20-13)12-6-3-7-25-12/h1-7,22H,8-9,18H2,(H,19,23)(H,20,21,24). The second-order valence-electron chi connectivity index (χ2n) is 5.20. The Morgan fingerprint density at radius 3 is 2.56 bits per heavy atom. The highest BCUT2D eigenvalue weighted by atomic mass is 32.1. The summed E-state index contributed by atoms with van der Waals surface area (Å²) in [7, 11) is 0. The Kier molecular flexibility index (Phi) is 4.92. The van der Waals surface area contributed by atoms with Crippen molar-refractivity contribution in [3.63, 3.8) is 0 Å². The van der Waals surface area contributed by atoms with E-state index in [0.29, 0.717) is 11.4 Å². The van der Waals surface area contributed by atoms with Gasteiger partial charge in [0.1, 0.15) is 0 Å². The zero-order valence-corrected chi connectivity index (χ0v) is 14.0. The van der Waals surface area contributed by atoms with E-state index in [1.54, 1.807) is 12.1 Å². The lowest BCUT2D eigenvalue weighted by atomic mass is 10.1. The zero-order valence-electron chi connectivity index (χ0n) is 13.1. The first-order valence-electron chi connectivity index (χ1n) is 7.49. The monoisotopic (exact) mass is 356 g/mol. The van der Waals surface area contributed by atoms with Crippen LogP contribution in [-0.2, 0) is 13.1 Å². The molecule has 1 aromatic carbocycles. The van der Waals surface area contributed by atoms with Gasteiger partial charge in [-0.25, -0.2) is 4.98 Å². The average molecular weight is 356 g/mol. The Hall–Kier alpha value is -2.97. The Morgan fingerprint density at radius 2 is 1.88 bits per heavy atom. The van der Waals surface area contributed by atoms with Crippen LogP contribution in [0.25, 0.3) is 10.7 Å². The van der Waals surface area contributed by atoms with Gasteiger partial charge in [0.2, 0.25) is 5.75 Å². The van der Waals surface area contributed by atoms with Gasteiger partial charge < -0.3 is 21.3 Å². The van der Waals surface area contributed by atoms with Crippen molar-refractivity contribution in [1.29, 1.82) is 0 Å². The number of aromatic nitrogens is 2. The number of hydrogen-bond donors (Lipinski definition) is 4. The normalized spacial score (nSPS) is 10.6. The molecular formula is C17H16N4O3S. The van der Waals surface area contributed by atoms with Gasteiger partial charge in [0.25, 0.3) is 11.8 Å². The van der Waals surface area contributed by atoms with Crippen molar-refractivity contribution in [1.82, 2.24) is 15.3 Å². The number of amides is 1. The van der Waals surface area contributed by atoms with Crippen LogP contribution in [0.1, 0.15) is 21.6 Å². The molecule has 25 heavy (non-hydrogen) atoms. The van der Waals surface area contributed by atoms with Gasteiger partial charge in [-0.15, -0.1) is 11.3 Å². The largest absolute Gasteiger partial charge is 0.501 e. The average Bonchev–Trinajstić information content (AvgIpc) is 3.16. The lowest BCUT2D eigenvalue weighted by Gasteiger charge is -2.10. The van der Waals surface area contributed by atoms with Crippen molar-refractivity contribution in [3.8, 4) is 22.3 Å². The number of nitrogens with zero attached hydrogens (tertiary/aromatic N) is 2. The van der Waals surface area contributed by atoms with E-state index in [1.807, 2.05) is 29.6 Å². The molecule has 0 unspecified atom stereocenters. The number of hydrogen-bond acceptors (Lipinski definition) is 7. The molecule has 3 rings (SSSR count). The number of carbonyl (C=O) groups excluding carboxylic acids is 1. The summed E-state index contributed by atoms with van der Waals surface area (Å²) in [5.41, 5.74) is 7.19. The number of nitrogens with two attached hydrogens (primary N) is 1. The smallest absolute Gasteiger partial charge is 0.274 e. The van der Waals surface area contributed by atoms with E-state index in [4.69, 9.17) is 5.73 Å². The summed E-state index contributed by atoms with van der Waals surface area (Å²) in [6.45, 7) is 0.582. The molecule has 0 aliphatic rings. The number of thiophene rings is 1. The predicted molar refractivity (Wildman–Crippen MR) is 94.2 cm³/mol. The van der Waals surface area contributed by atoms with E-state index < -0.39 is 17.5 Å². The summed E-state index contributed by atoms with van der Waals surface area (Å²) in [6, 6.07) is 11.0. The van der Waals surface area contributed by atoms with Gasteiger partial charge in [0.15, 0.2) is 11.5 Å². The van der Waals surface area contributed by atoms with Crippen LogP contribution < -0.4 is 11.1 Å². The Morgan fingerprint density at radius 1 is 1.12 bits per heavy atom. The molecule has 0 bridgehead atoms. The highest BCUT2D eigenvalue weighted by molar-refractivity contribution is 7.13. The molecule has 7 nitrogen and oxygen atoms in total. The minimum Gasteiger partial charge on any atom is -0.501 e. The molecule has 0 aliphatic heterocycles. The molecule has 128 valence electrons. The number of aromatic hydroxyl groups is 2. The third-order valence-corrected chi connectivity index (χ3v) is 4.47. The van der Waals surface area contributed by atoms with E-state index in [9.17, 15) is 15.0 Å². The summed E-state index contributed by atoms with van der Waals surface area (Å²) in [5, 5.41) is 24.2. The third-order valence-electron chi connectivity index (χ3n) is 3.60. The molecule has 0 aliphatic carbocycles. The topological polar surface area (TPSA) is 121 Å². The molecule has 0 fully saturated rings. The molecule has 2 heterocycles. The Bertz CT molecular complexity index is 897. The lowest BCUT2D eigenvalue weighted by Crippen LogP contribution is -2.25. The number of carbonyl (C=O) groups is 1. The van der Waals surface area contributed by atoms with Crippen molar-refractivity contribution >= 4 is 17.2 Å². The second kappa shape index (κ2) is 7.29. The molecule has 5 N–H and O–H groups in total. The molecule has 0 saturated carbocycles. The fourth-order valence-corrected chi connectivity index (χ4v) is 2.96. The van der Waals surface area contributed by atoms with Crippen LogP contribution in [0.15, 0.2) is 41.8 Å². The fraction of sp³-hybridized carbons (Fsp3) is 0.118. The van der Waals surface area contributed by atoms with Crippen LogP contribution in [-0.4, -0.2) is 26.1 Å². The van der Waals surface area contributed by atoms with E-state index in [1.165, 1.54) is 11.3 Å². The SMILES string of the molecule is NCc1ccccc1CNC(=O)c1nc(-c2cccs2)nc(O)c1O. The third kappa shape index (κ3) is 3.59. The molecule has 0 spiro atoms. The van der Waals surface area contributed by atoms with Crippen molar-refractivity contribution in [2.75, 3.05) is 0 Å². The molecule has 0 radical (unpaired) electrons. The maximum Gasteiger partial charge on any atom is 0.274 e. The van der Waals surface area contributed by atoms with Crippen LogP contribution in [0.4, 0.5) is 0 Å². The first-order valence-corrected chi connectivity index (χ1v) is 8.37. The van der Waals surface area contributed by atoms with E-state index in [-0.39, 0.29) is 18.1 Å². The van der Waals surface area contributed by atoms with Gasteiger partial charge >= 0.3 is 0 Å². The maximum absolute atomic E-state index is 12.4. The van der Waals surface area contributed by atoms with Gasteiger partial charge in [-0.3, -0.25) is 4.79 Å². The molecule has 3 aromatic rings. The van der Waals surface area contributed by atoms with Crippen molar-refractivity contribution in [2.45, 2.75) is 13.1 Å². The van der Waals surface area contributed by atoms with Crippen LogP contribution >= 0.6 is 11.3 Å². The summed E-state index contributed by atoms with van der Waals surface area (Å²) in [5.74, 6) is -1.71. The summed E-state index contributed by atoms with van der Waals surface area (Å²) < 4.78 is 0. The minimum absolute atomic E-state index is 0.179. The molecular weight excluding hydrogens is 340 g/mol. The van der Waals surface area contributed by atoms with E-state index >= 15 is 0 Å². The Labute approximate surface area is 147 Å². The van der Waals surface area contributed by atoms with Crippen LogP contribution in [0, 0.1) is 0 Å². The zero-order chi connectivity index (χ0) is 17.8. The van der Waals surface area contributed by atoms with Crippen molar-refractivity contribution in [3.05, 3.63) is 58.6 Å². The Balaban J connectivity index is 1.84. The van der Waals surface area contributed by atoms with Crippen LogP contribution in [0.3, 0.4) is 0 Å². The van der Waals surface area contributed by atoms with Gasteiger partial charge in [0.05, 0.1) is 4.88 Å². The summed E-state index contributed by atoms with van der Waals surface area (Å²) in [4.78, 5) is 21.0. The molecule has 0 atom stereocenters. The van der Waals surface area contributed by atoms with Gasteiger partial charge in [-0.1, -0.05) is 30.3 Å².